The van der Waals surface area contributed by atoms with E-state index in [0.717, 1.165) is 25.3 Å². The van der Waals surface area contributed by atoms with Gasteiger partial charge < -0.3 is 9.47 Å². The standard InChI is InChI=1S/C20H27F3O4/c1-2-3-4-5-6-9-14-26-18(24)12-13-19(25)27-15-16-10-7-8-11-17(16)20(21,22)23/h7-8,10-11H,2-6,9,12-15H2,1H3. The van der Waals surface area contributed by atoms with Crippen LogP contribution in [0.15, 0.2) is 24.3 Å². The van der Waals surface area contributed by atoms with Crippen LogP contribution in [0.3, 0.4) is 0 Å². The zero-order valence-corrected chi connectivity index (χ0v) is 15.6. The second-order valence-electron chi connectivity index (χ2n) is 6.30. The number of ether oxygens (including phenoxy) is 2. The third-order valence-corrected chi connectivity index (χ3v) is 4.01. The molecule has 0 radical (unpaired) electrons. The summed E-state index contributed by atoms with van der Waals surface area (Å²) in [5.41, 5.74) is -0.958. The molecule has 1 rings (SSSR count). The van der Waals surface area contributed by atoms with Gasteiger partial charge in [0.1, 0.15) is 6.61 Å². The number of carbonyl (C=O) groups is 2. The Morgan fingerprint density at radius 1 is 0.889 bits per heavy atom. The fourth-order valence-corrected chi connectivity index (χ4v) is 2.50. The number of carbonyl (C=O) groups excluding carboxylic acids is 2. The molecular weight excluding hydrogens is 361 g/mol. The third-order valence-electron chi connectivity index (χ3n) is 4.01. The van der Waals surface area contributed by atoms with Gasteiger partial charge in [-0.25, -0.2) is 0 Å². The largest absolute Gasteiger partial charge is 0.466 e. The van der Waals surface area contributed by atoms with Gasteiger partial charge in [0, 0.05) is 5.56 Å². The van der Waals surface area contributed by atoms with Crippen molar-refractivity contribution in [3.05, 3.63) is 35.4 Å². The Morgan fingerprint density at radius 2 is 1.48 bits per heavy atom. The maximum absolute atomic E-state index is 12.9. The van der Waals surface area contributed by atoms with E-state index in [2.05, 4.69) is 6.92 Å². The number of alkyl halides is 3. The molecule has 152 valence electrons. The average Bonchev–Trinajstić information content (AvgIpc) is 2.63. The van der Waals surface area contributed by atoms with Crippen LogP contribution in [0.25, 0.3) is 0 Å². The van der Waals surface area contributed by atoms with Gasteiger partial charge in [-0.05, 0) is 12.5 Å². The lowest BCUT2D eigenvalue weighted by atomic mass is 10.1. The van der Waals surface area contributed by atoms with Crippen LogP contribution in [0, 0.1) is 0 Å². The summed E-state index contributed by atoms with van der Waals surface area (Å²) in [5.74, 6) is -1.24. The number of rotatable bonds is 12. The molecule has 0 N–H and O–H groups in total. The van der Waals surface area contributed by atoms with Gasteiger partial charge in [-0.1, -0.05) is 57.2 Å². The molecule has 0 saturated carbocycles. The van der Waals surface area contributed by atoms with Gasteiger partial charge >= 0.3 is 18.1 Å². The molecule has 0 fully saturated rings. The van der Waals surface area contributed by atoms with Crippen molar-refractivity contribution in [2.24, 2.45) is 0 Å². The first-order valence-corrected chi connectivity index (χ1v) is 9.31. The summed E-state index contributed by atoms with van der Waals surface area (Å²) in [6.45, 7) is 1.97. The maximum atomic E-state index is 12.9. The minimum atomic E-state index is -4.51. The Kier molecular flexibility index (Phi) is 10.5. The SMILES string of the molecule is CCCCCCCCOC(=O)CCC(=O)OCc1ccccc1C(F)(F)F. The first-order chi connectivity index (χ1) is 12.8. The Labute approximate surface area is 158 Å². The van der Waals surface area contributed by atoms with Crippen LogP contribution < -0.4 is 0 Å². The van der Waals surface area contributed by atoms with Crippen LogP contribution >= 0.6 is 0 Å². The van der Waals surface area contributed by atoms with Crippen LogP contribution in [0.4, 0.5) is 13.2 Å². The maximum Gasteiger partial charge on any atom is 0.416 e. The van der Waals surface area contributed by atoms with E-state index in [1.807, 2.05) is 0 Å². The van der Waals surface area contributed by atoms with Crippen LogP contribution in [-0.4, -0.2) is 18.5 Å². The summed E-state index contributed by atoms with van der Waals surface area (Å²) in [5, 5.41) is 0. The summed E-state index contributed by atoms with van der Waals surface area (Å²) in [6, 6.07) is 4.90. The molecule has 0 spiro atoms. The van der Waals surface area contributed by atoms with Crippen LogP contribution in [-0.2, 0) is 31.8 Å². The highest BCUT2D eigenvalue weighted by atomic mass is 19.4. The van der Waals surface area contributed by atoms with Crippen molar-refractivity contribution in [3.63, 3.8) is 0 Å². The van der Waals surface area contributed by atoms with E-state index in [1.54, 1.807) is 0 Å². The van der Waals surface area contributed by atoms with Gasteiger partial charge in [0.2, 0.25) is 0 Å². The number of esters is 2. The molecule has 0 aliphatic rings. The molecule has 0 aromatic heterocycles. The van der Waals surface area contributed by atoms with Crippen LogP contribution in [0.2, 0.25) is 0 Å². The highest BCUT2D eigenvalue weighted by molar-refractivity contribution is 5.77. The minimum Gasteiger partial charge on any atom is -0.466 e. The van der Waals surface area contributed by atoms with Gasteiger partial charge in [-0.3, -0.25) is 9.59 Å². The lowest BCUT2D eigenvalue weighted by molar-refractivity contribution is -0.152. The molecule has 27 heavy (non-hydrogen) atoms. The zero-order valence-electron chi connectivity index (χ0n) is 15.6. The molecule has 4 nitrogen and oxygen atoms in total. The Bertz CT molecular complexity index is 585. The van der Waals surface area contributed by atoms with Crippen molar-refractivity contribution in [1.29, 1.82) is 0 Å². The molecule has 0 aliphatic heterocycles. The third kappa shape index (κ3) is 10.0. The minimum absolute atomic E-state index is 0.121. The van der Waals surface area contributed by atoms with Crippen molar-refractivity contribution < 1.29 is 32.2 Å². The van der Waals surface area contributed by atoms with Crippen molar-refractivity contribution in [3.8, 4) is 0 Å². The van der Waals surface area contributed by atoms with E-state index in [0.29, 0.717) is 6.61 Å². The molecule has 0 saturated heterocycles. The number of halogens is 3. The number of benzene rings is 1. The molecule has 0 bridgehead atoms. The van der Waals surface area contributed by atoms with E-state index in [-0.39, 0.29) is 18.4 Å². The molecule has 0 amide bonds. The first-order valence-electron chi connectivity index (χ1n) is 9.31. The molecule has 7 heteroatoms. The van der Waals surface area contributed by atoms with Crippen molar-refractivity contribution in [2.45, 2.75) is 71.1 Å². The summed E-state index contributed by atoms with van der Waals surface area (Å²) in [6.07, 6.45) is 1.57. The van der Waals surface area contributed by atoms with E-state index in [4.69, 9.17) is 9.47 Å². The number of hydrogen-bond acceptors (Lipinski definition) is 4. The lowest BCUT2D eigenvalue weighted by Gasteiger charge is -2.12. The predicted molar refractivity (Wildman–Crippen MR) is 94.8 cm³/mol. The second kappa shape index (κ2) is 12.4. The summed E-state index contributed by atoms with van der Waals surface area (Å²) in [4.78, 5) is 23.2. The summed E-state index contributed by atoms with van der Waals surface area (Å²) >= 11 is 0. The highest BCUT2D eigenvalue weighted by Gasteiger charge is 2.33. The first kappa shape index (κ1) is 23.0. The predicted octanol–water partition coefficient (Wildman–Crippen LogP) is 5.43. The van der Waals surface area contributed by atoms with Crippen molar-refractivity contribution in [2.75, 3.05) is 6.61 Å². The van der Waals surface area contributed by atoms with Crippen LogP contribution in [0.5, 0.6) is 0 Å². The van der Waals surface area contributed by atoms with Gasteiger partial charge in [0.25, 0.3) is 0 Å². The number of hydrogen-bond donors (Lipinski definition) is 0. The van der Waals surface area contributed by atoms with Crippen molar-refractivity contribution >= 4 is 11.9 Å². The Balaban J connectivity index is 2.22. The topological polar surface area (TPSA) is 52.6 Å². The molecule has 0 unspecified atom stereocenters. The molecule has 0 heterocycles. The van der Waals surface area contributed by atoms with E-state index in [1.165, 1.54) is 37.5 Å². The van der Waals surface area contributed by atoms with Gasteiger partial charge in [-0.15, -0.1) is 0 Å². The van der Waals surface area contributed by atoms with Crippen molar-refractivity contribution in [1.82, 2.24) is 0 Å². The van der Waals surface area contributed by atoms with Gasteiger partial charge in [-0.2, -0.15) is 13.2 Å². The quantitative estimate of drug-likeness (QED) is 0.354. The van der Waals surface area contributed by atoms with Gasteiger partial charge in [0.15, 0.2) is 0 Å². The fraction of sp³-hybridized carbons (Fsp3) is 0.600. The Morgan fingerprint density at radius 3 is 2.15 bits per heavy atom. The zero-order chi connectivity index (χ0) is 20.1. The molecule has 0 aliphatic carbocycles. The molecular formula is C20H27F3O4. The summed E-state index contributed by atoms with van der Waals surface area (Å²) < 4.78 is 48.5. The molecule has 0 atom stereocenters. The molecule has 1 aromatic rings. The lowest BCUT2D eigenvalue weighted by Crippen LogP contribution is -2.13. The summed E-state index contributed by atoms with van der Waals surface area (Å²) in [7, 11) is 0. The normalized spacial score (nSPS) is 11.3. The van der Waals surface area contributed by atoms with E-state index < -0.39 is 30.3 Å². The smallest absolute Gasteiger partial charge is 0.416 e. The highest BCUT2D eigenvalue weighted by Crippen LogP contribution is 2.32. The number of unbranched alkanes of at least 4 members (excludes halogenated alkanes) is 5. The van der Waals surface area contributed by atoms with Crippen LogP contribution in [0.1, 0.15) is 69.4 Å². The molecule has 1 aromatic carbocycles. The Hall–Kier alpha value is -2.05. The van der Waals surface area contributed by atoms with E-state index >= 15 is 0 Å². The fourth-order valence-electron chi connectivity index (χ4n) is 2.50. The average molecular weight is 388 g/mol. The van der Waals surface area contributed by atoms with Gasteiger partial charge in [0.05, 0.1) is 25.0 Å². The van der Waals surface area contributed by atoms with E-state index in [9.17, 15) is 22.8 Å². The second-order valence-corrected chi connectivity index (χ2v) is 6.30. The monoisotopic (exact) mass is 388 g/mol.